The lowest BCUT2D eigenvalue weighted by atomic mass is 10.1. The Bertz CT molecular complexity index is 1120. The maximum atomic E-state index is 12.6. The summed E-state index contributed by atoms with van der Waals surface area (Å²) in [4.78, 5) is 10.9. The van der Waals surface area contributed by atoms with E-state index in [2.05, 4.69) is 37.5 Å². The Labute approximate surface area is 198 Å². The van der Waals surface area contributed by atoms with Gasteiger partial charge in [0.05, 0.1) is 17.9 Å². The van der Waals surface area contributed by atoms with Gasteiger partial charge in [-0.1, -0.05) is 29.4 Å². The van der Waals surface area contributed by atoms with Crippen molar-refractivity contribution in [3.05, 3.63) is 60.2 Å². The average Bonchev–Trinajstić information content (AvgIpc) is 3.27. The van der Waals surface area contributed by atoms with Crippen molar-refractivity contribution in [1.82, 2.24) is 24.7 Å². The molecule has 0 spiro atoms. The van der Waals surface area contributed by atoms with Crippen LogP contribution in [0.5, 0.6) is 0 Å². The van der Waals surface area contributed by atoms with E-state index in [0.29, 0.717) is 38.4 Å². The molecule has 1 saturated heterocycles. The van der Waals surface area contributed by atoms with Crippen LogP contribution in [0.4, 0.5) is 0 Å². The first-order valence-corrected chi connectivity index (χ1v) is 11.3. The number of nitrogens with one attached hydrogen (secondary N) is 1. The van der Waals surface area contributed by atoms with Gasteiger partial charge in [-0.2, -0.15) is 4.31 Å². The van der Waals surface area contributed by atoms with Crippen LogP contribution in [0.3, 0.4) is 0 Å². The van der Waals surface area contributed by atoms with E-state index in [0.717, 1.165) is 22.4 Å². The van der Waals surface area contributed by atoms with Crippen molar-refractivity contribution in [3.8, 4) is 0 Å². The maximum absolute atomic E-state index is 12.6. The average molecular weight is 556 g/mol. The number of halogens is 1. The third kappa shape index (κ3) is 5.52. The number of piperazine rings is 1. The van der Waals surface area contributed by atoms with Gasteiger partial charge in [-0.3, -0.25) is 9.98 Å². The summed E-state index contributed by atoms with van der Waals surface area (Å²) in [7, 11) is -1.70. The molecule has 1 aliphatic rings. The van der Waals surface area contributed by atoms with E-state index >= 15 is 0 Å². The first kappa shape index (κ1) is 23.4. The van der Waals surface area contributed by atoms with E-state index in [1.165, 1.54) is 10.6 Å². The van der Waals surface area contributed by atoms with Crippen LogP contribution in [-0.2, 0) is 22.3 Å². The second-order valence-corrected chi connectivity index (χ2v) is 8.98. The summed E-state index contributed by atoms with van der Waals surface area (Å²) < 4.78 is 31.4. The van der Waals surface area contributed by atoms with Crippen molar-refractivity contribution in [1.29, 1.82) is 0 Å². The van der Waals surface area contributed by atoms with Gasteiger partial charge in [-0.15, -0.1) is 24.0 Å². The van der Waals surface area contributed by atoms with E-state index in [-0.39, 0.29) is 29.7 Å². The van der Waals surface area contributed by atoms with E-state index in [4.69, 9.17) is 4.52 Å². The summed E-state index contributed by atoms with van der Waals surface area (Å²) in [5, 5.41) is 9.31. The second kappa shape index (κ2) is 10.4. The molecule has 0 bridgehead atoms. The number of aromatic nitrogens is 2. The van der Waals surface area contributed by atoms with Crippen LogP contribution in [0.2, 0.25) is 0 Å². The predicted octanol–water partition coefficient (Wildman–Crippen LogP) is 2.06. The Morgan fingerprint density at radius 3 is 2.65 bits per heavy atom. The smallest absolute Gasteiger partial charge is 0.220 e. The van der Waals surface area contributed by atoms with E-state index < -0.39 is 10.0 Å². The van der Waals surface area contributed by atoms with Crippen molar-refractivity contribution in [2.75, 3.05) is 33.2 Å². The highest BCUT2D eigenvalue weighted by atomic mass is 127. The van der Waals surface area contributed by atoms with Crippen LogP contribution in [0.1, 0.15) is 11.4 Å². The molecule has 2 aromatic heterocycles. The summed E-state index contributed by atoms with van der Waals surface area (Å²) in [6.07, 6.45) is 3.18. The number of sulfonamides is 1. The van der Waals surface area contributed by atoms with Gasteiger partial charge < -0.3 is 14.7 Å². The normalized spacial score (nSPS) is 15.6. The fraction of sp³-hybridized carbons (Fsp3) is 0.350. The van der Waals surface area contributed by atoms with Crippen LogP contribution >= 0.6 is 24.0 Å². The molecule has 1 N–H and O–H groups in total. The van der Waals surface area contributed by atoms with Gasteiger partial charge in [0.2, 0.25) is 10.0 Å². The topological polar surface area (TPSA) is 104 Å². The van der Waals surface area contributed by atoms with E-state index in [9.17, 15) is 8.42 Å². The first-order chi connectivity index (χ1) is 14.6. The summed E-state index contributed by atoms with van der Waals surface area (Å²) in [5.41, 5.74) is 1.36. The molecule has 9 nitrogen and oxygen atoms in total. The molecule has 0 radical (unpaired) electrons. The van der Waals surface area contributed by atoms with Crippen LogP contribution in [0.15, 0.2) is 58.4 Å². The third-order valence-corrected chi connectivity index (χ3v) is 6.95. The lowest BCUT2D eigenvalue weighted by molar-refractivity contribution is 0.259. The molecular weight excluding hydrogens is 531 g/mol. The molecule has 31 heavy (non-hydrogen) atoms. The van der Waals surface area contributed by atoms with Crippen LogP contribution in [0, 0.1) is 0 Å². The summed E-state index contributed by atoms with van der Waals surface area (Å²) >= 11 is 0. The number of hydrogen-bond donors (Lipinski definition) is 1. The molecule has 1 aromatic carbocycles. The number of nitrogens with zero attached hydrogens (tertiary/aromatic N) is 5. The largest absolute Gasteiger partial charge is 0.364 e. The molecule has 1 fully saturated rings. The second-order valence-electron chi connectivity index (χ2n) is 7.01. The fourth-order valence-corrected chi connectivity index (χ4v) is 5.01. The molecule has 0 aliphatic carbocycles. The molecule has 1 aliphatic heterocycles. The maximum Gasteiger partial charge on any atom is 0.220 e. The van der Waals surface area contributed by atoms with Gasteiger partial charge in [0, 0.05) is 50.9 Å². The van der Waals surface area contributed by atoms with Crippen LogP contribution < -0.4 is 5.32 Å². The van der Waals surface area contributed by atoms with E-state index in [1.807, 2.05) is 18.2 Å². The zero-order valence-corrected chi connectivity index (χ0v) is 20.3. The summed E-state index contributed by atoms with van der Waals surface area (Å²) in [6, 6.07) is 11.7. The Morgan fingerprint density at radius 1 is 1.16 bits per heavy atom. The minimum atomic E-state index is -3.43. The molecule has 3 heterocycles. The Morgan fingerprint density at radius 2 is 1.94 bits per heavy atom. The molecule has 0 atom stereocenters. The molecule has 0 saturated carbocycles. The van der Waals surface area contributed by atoms with Crippen molar-refractivity contribution >= 4 is 50.7 Å². The Balaban J connectivity index is 0.00000272. The standard InChI is InChI=1S/C20H24N6O3S.HI/c1-21-20(23-14-19-18-5-3-2-4-16(18)6-8-22-19)25-9-11-26(12-10-25)30(27,28)15-17-7-13-29-24-17;/h2-8,13H,9-12,14-15H2,1H3,(H,21,23);1H. The van der Waals surface area contributed by atoms with Gasteiger partial charge in [0.1, 0.15) is 12.0 Å². The first-order valence-electron chi connectivity index (χ1n) is 9.72. The molecule has 3 aromatic rings. The Kier molecular flexibility index (Phi) is 7.84. The SMILES string of the molecule is CN=C(NCc1nccc2ccccc12)N1CCN(S(=O)(=O)Cc2ccon2)CC1.I. The zero-order valence-electron chi connectivity index (χ0n) is 17.1. The van der Waals surface area contributed by atoms with Crippen molar-refractivity contribution < 1.29 is 12.9 Å². The monoisotopic (exact) mass is 556 g/mol. The predicted molar refractivity (Wildman–Crippen MR) is 130 cm³/mol. The number of rotatable bonds is 5. The molecule has 0 amide bonds. The van der Waals surface area contributed by atoms with Gasteiger partial charge >= 0.3 is 0 Å². The van der Waals surface area contributed by atoms with Crippen molar-refractivity contribution in [2.45, 2.75) is 12.3 Å². The van der Waals surface area contributed by atoms with E-state index in [1.54, 1.807) is 19.3 Å². The van der Waals surface area contributed by atoms with Crippen LogP contribution in [0.25, 0.3) is 10.8 Å². The zero-order chi connectivity index (χ0) is 21.0. The number of hydrogen-bond acceptors (Lipinski definition) is 6. The van der Waals surface area contributed by atoms with Crippen molar-refractivity contribution in [2.24, 2.45) is 4.99 Å². The lowest BCUT2D eigenvalue weighted by Gasteiger charge is -2.35. The molecule has 11 heteroatoms. The Hall–Kier alpha value is -2.25. The molecule has 166 valence electrons. The molecular formula is C20H25IN6O3S. The lowest BCUT2D eigenvalue weighted by Crippen LogP contribution is -2.53. The van der Waals surface area contributed by atoms with Gasteiger partial charge in [0.15, 0.2) is 5.96 Å². The third-order valence-electron chi connectivity index (χ3n) is 5.14. The van der Waals surface area contributed by atoms with Gasteiger partial charge in [0.25, 0.3) is 0 Å². The van der Waals surface area contributed by atoms with Gasteiger partial charge in [-0.25, -0.2) is 8.42 Å². The number of guanidine groups is 1. The summed E-state index contributed by atoms with van der Waals surface area (Å²) in [6.45, 7) is 2.45. The minimum absolute atomic E-state index is 0. The highest BCUT2D eigenvalue weighted by Crippen LogP contribution is 2.16. The number of pyridine rings is 1. The number of fused-ring (bicyclic) bond motifs is 1. The quantitative estimate of drug-likeness (QED) is 0.292. The number of benzene rings is 1. The van der Waals surface area contributed by atoms with Gasteiger partial charge in [-0.05, 0) is 11.5 Å². The van der Waals surface area contributed by atoms with Crippen molar-refractivity contribution in [3.63, 3.8) is 0 Å². The fourth-order valence-electron chi connectivity index (χ4n) is 3.59. The highest BCUT2D eigenvalue weighted by molar-refractivity contribution is 14.0. The molecule has 0 unspecified atom stereocenters. The van der Waals surface area contributed by atoms with Crippen LogP contribution in [-0.4, -0.2) is 66.9 Å². The molecule has 4 rings (SSSR count). The number of aliphatic imine (C=N–C) groups is 1. The summed E-state index contributed by atoms with van der Waals surface area (Å²) in [5.74, 6) is 0.585. The highest BCUT2D eigenvalue weighted by Gasteiger charge is 2.29. The minimum Gasteiger partial charge on any atom is -0.364 e.